The fourth-order valence-electron chi connectivity index (χ4n) is 5.96. The number of nitrogens with one attached hydrogen (secondary N) is 1. The van der Waals surface area contributed by atoms with Gasteiger partial charge in [0.1, 0.15) is 0 Å². The van der Waals surface area contributed by atoms with Crippen LogP contribution in [0.5, 0.6) is 0 Å². The van der Waals surface area contributed by atoms with E-state index in [4.69, 9.17) is 4.74 Å². The molecule has 2 aromatic carbocycles. The molecule has 42 heavy (non-hydrogen) atoms. The second-order valence-electron chi connectivity index (χ2n) is 12.0. The maximum Gasteiger partial charge on any atom is 0.342 e. The Labute approximate surface area is 248 Å². The highest BCUT2D eigenvalue weighted by molar-refractivity contribution is 7.89. The summed E-state index contributed by atoms with van der Waals surface area (Å²) in [5, 5.41) is 1.02. The number of nitrogens with zero attached hydrogens (tertiary/aromatic N) is 3. The molecule has 0 atom stereocenters. The lowest BCUT2D eigenvalue weighted by molar-refractivity contribution is -0.140. The van der Waals surface area contributed by atoms with Crippen molar-refractivity contribution in [3.8, 4) is 0 Å². The summed E-state index contributed by atoms with van der Waals surface area (Å²) in [7, 11) is -3.19. The van der Waals surface area contributed by atoms with Crippen molar-refractivity contribution in [1.29, 1.82) is 0 Å². The zero-order valence-corrected chi connectivity index (χ0v) is 25.8. The van der Waals surface area contributed by atoms with Crippen LogP contribution in [0.15, 0.2) is 54.7 Å². The summed E-state index contributed by atoms with van der Waals surface area (Å²) in [4.78, 5) is 34.7. The standard InChI is InChI=1S/C32H40N4O5S/c1-6-42(39,40)36-16-14-34(15-17-36)19-23-10-9-11-24(18-23)30(37)35-20-26(31(38)41-22(2)3)29-28(32(4,5)21-35)25-12-7-8-13-27(25)33-29/h7-13,18,20,22,33H,6,14-17,19,21H2,1-5H3. The predicted octanol–water partition coefficient (Wildman–Crippen LogP) is 4.36. The Kier molecular flexibility index (Phi) is 8.33. The van der Waals surface area contributed by atoms with Gasteiger partial charge in [0.2, 0.25) is 10.0 Å². The van der Waals surface area contributed by atoms with Crippen LogP contribution < -0.4 is 0 Å². The molecule has 1 saturated heterocycles. The monoisotopic (exact) mass is 592 g/mol. The first-order valence-corrected chi connectivity index (χ1v) is 16.1. The SMILES string of the molecule is CCS(=O)(=O)N1CCN(Cc2cccc(C(=O)N3C=C(C(=O)OC(C)C)c4[nH]c5ccccc5c4C(C)(C)C3)c2)CC1. The van der Waals surface area contributed by atoms with Crippen molar-refractivity contribution in [2.75, 3.05) is 38.5 Å². The highest BCUT2D eigenvalue weighted by Gasteiger charge is 2.37. The first-order chi connectivity index (χ1) is 19.9. The zero-order valence-electron chi connectivity index (χ0n) is 25.0. The smallest absolute Gasteiger partial charge is 0.342 e. The van der Waals surface area contributed by atoms with Gasteiger partial charge in [-0.05, 0) is 50.1 Å². The van der Waals surface area contributed by atoms with Crippen molar-refractivity contribution in [2.45, 2.75) is 52.7 Å². The third-order valence-electron chi connectivity index (χ3n) is 8.00. The topological polar surface area (TPSA) is 103 Å². The first-order valence-electron chi connectivity index (χ1n) is 14.5. The van der Waals surface area contributed by atoms with E-state index in [1.165, 1.54) is 0 Å². The van der Waals surface area contributed by atoms with Gasteiger partial charge >= 0.3 is 5.97 Å². The number of H-pyrrole nitrogens is 1. The number of hydrogen-bond acceptors (Lipinski definition) is 6. The van der Waals surface area contributed by atoms with E-state index in [9.17, 15) is 18.0 Å². The summed E-state index contributed by atoms with van der Waals surface area (Å²) in [6.07, 6.45) is 1.32. The molecule has 2 aliphatic heterocycles. The van der Waals surface area contributed by atoms with Gasteiger partial charge in [0.05, 0.1) is 23.1 Å². The number of ether oxygens (including phenoxy) is 1. The van der Waals surface area contributed by atoms with Crippen molar-refractivity contribution in [3.05, 3.63) is 77.1 Å². The Morgan fingerprint density at radius 1 is 1.02 bits per heavy atom. The number of sulfonamides is 1. The fourth-order valence-corrected chi connectivity index (χ4v) is 7.04. The number of benzene rings is 2. The van der Waals surface area contributed by atoms with Gasteiger partial charge in [-0.3, -0.25) is 9.69 Å². The summed E-state index contributed by atoms with van der Waals surface area (Å²) < 4.78 is 31.6. The Bertz CT molecular complexity index is 1630. The van der Waals surface area contributed by atoms with E-state index < -0.39 is 21.4 Å². The Hall–Kier alpha value is -3.47. The van der Waals surface area contributed by atoms with E-state index in [2.05, 4.69) is 23.7 Å². The van der Waals surface area contributed by atoms with Crippen molar-refractivity contribution in [3.63, 3.8) is 0 Å². The van der Waals surface area contributed by atoms with Crippen LogP contribution in [-0.4, -0.2) is 84.0 Å². The van der Waals surface area contributed by atoms with E-state index in [1.807, 2.05) is 56.3 Å². The summed E-state index contributed by atoms with van der Waals surface area (Å²) in [5.74, 6) is -0.573. The molecule has 0 saturated carbocycles. The van der Waals surface area contributed by atoms with Crippen LogP contribution >= 0.6 is 0 Å². The summed E-state index contributed by atoms with van der Waals surface area (Å²) in [6.45, 7) is 12.6. The van der Waals surface area contributed by atoms with E-state index in [1.54, 1.807) is 28.4 Å². The Morgan fingerprint density at radius 3 is 2.43 bits per heavy atom. The molecule has 0 bridgehead atoms. The molecule has 1 N–H and O–H groups in total. The lowest BCUT2D eigenvalue weighted by Crippen LogP contribution is -2.48. The number of para-hydroxylation sites is 1. The number of fused-ring (bicyclic) bond motifs is 3. The maximum atomic E-state index is 14.0. The predicted molar refractivity (Wildman–Crippen MR) is 164 cm³/mol. The van der Waals surface area contributed by atoms with Gasteiger partial charge in [0.25, 0.3) is 5.91 Å². The minimum Gasteiger partial charge on any atom is -0.459 e. The molecule has 0 unspecified atom stereocenters. The van der Waals surface area contributed by atoms with Crippen LogP contribution in [0.2, 0.25) is 0 Å². The van der Waals surface area contributed by atoms with Crippen molar-refractivity contribution in [2.24, 2.45) is 0 Å². The molecule has 1 aromatic heterocycles. The van der Waals surface area contributed by atoms with Gasteiger partial charge in [-0.15, -0.1) is 0 Å². The average Bonchev–Trinajstić information content (AvgIpc) is 3.30. The Balaban J connectivity index is 1.43. The number of piperazine rings is 1. The maximum absolute atomic E-state index is 14.0. The third-order valence-corrected chi connectivity index (χ3v) is 9.88. The van der Waals surface area contributed by atoms with E-state index in [0.29, 0.717) is 56.1 Å². The molecule has 224 valence electrons. The number of esters is 1. The van der Waals surface area contributed by atoms with Crippen molar-refractivity contribution >= 4 is 38.4 Å². The summed E-state index contributed by atoms with van der Waals surface area (Å²) in [6, 6.07) is 15.5. The van der Waals surface area contributed by atoms with Crippen LogP contribution in [0.4, 0.5) is 0 Å². The minimum absolute atomic E-state index is 0.108. The molecule has 0 aliphatic carbocycles. The van der Waals surface area contributed by atoms with Crippen molar-refractivity contribution in [1.82, 2.24) is 19.1 Å². The van der Waals surface area contributed by atoms with Gasteiger partial charge in [-0.1, -0.05) is 44.2 Å². The van der Waals surface area contributed by atoms with E-state index in [-0.39, 0.29) is 17.8 Å². The van der Waals surface area contributed by atoms with Crippen LogP contribution in [0.3, 0.4) is 0 Å². The molecule has 5 rings (SSSR count). The van der Waals surface area contributed by atoms with Crippen LogP contribution in [0.1, 0.15) is 61.8 Å². The quantitative estimate of drug-likeness (QED) is 0.409. The molecule has 0 spiro atoms. The van der Waals surface area contributed by atoms with E-state index in [0.717, 1.165) is 22.0 Å². The lowest BCUT2D eigenvalue weighted by atomic mass is 9.81. The number of carbonyl (C=O) groups is 2. The van der Waals surface area contributed by atoms with Crippen LogP contribution in [-0.2, 0) is 31.5 Å². The van der Waals surface area contributed by atoms with Gasteiger partial charge < -0.3 is 14.6 Å². The highest BCUT2D eigenvalue weighted by atomic mass is 32.2. The average molecular weight is 593 g/mol. The van der Waals surface area contributed by atoms with Gasteiger partial charge in [-0.2, -0.15) is 4.31 Å². The number of amides is 1. The molecule has 0 radical (unpaired) electrons. The highest BCUT2D eigenvalue weighted by Crippen LogP contribution is 2.40. The van der Waals surface area contributed by atoms with E-state index >= 15 is 0 Å². The number of aromatic nitrogens is 1. The van der Waals surface area contributed by atoms with Gasteiger partial charge in [0.15, 0.2) is 0 Å². The number of aromatic amines is 1. The molecule has 3 heterocycles. The fraction of sp³-hybridized carbons (Fsp3) is 0.438. The Morgan fingerprint density at radius 2 is 1.74 bits per heavy atom. The number of rotatable bonds is 7. The van der Waals surface area contributed by atoms with Crippen molar-refractivity contribution < 1.29 is 22.7 Å². The zero-order chi connectivity index (χ0) is 30.2. The molecule has 10 heteroatoms. The minimum atomic E-state index is -3.19. The van der Waals surface area contributed by atoms with Gasteiger partial charge in [0, 0.05) is 67.3 Å². The normalized spacial score (nSPS) is 18.0. The summed E-state index contributed by atoms with van der Waals surface area (Å²) in [5.41, 5.74) is 3.94. The van der Waals surface area contributed by atoms with Crippen LogP contribution in [0.25, 0.3) is 16.5 Å². The summed E-state index contributed by atoms with van der Waals surface area (Å²) >= 11 is 0. The molecule has 1 amide bonds. The molecule has 3 aromatic rings. The molecular formula is C32H40N4O5S. The molecular weight excluding hydrogens is 552 g/mol. The first kappa shape index (κ1) is 30.0. The third kappa shape index (κ3) is 6.02. The van der Waals surface area contributed by atoms with Gasteiger partial charge in [-0.25, -0.2) is 13.2 Å². The second kappa shape index (κ2) is 11.7. The molecule has 2 aliphatic rings. The second-order valence-corrected chi connectivity index (χ2v) is 14.3. The largest absolute Gasteiger partial charge is 0.459 e. The lowest BCUT2D eigenvalue weighted by Gasteiger charge is -2.33. The molecule has 1 fully saturated rings. The number of carbonyl (C=O) groups excluding carboxylic acids is 2. The van der Waals surface area contributed by atoms with Crippen LogP contribution in [0, 0.1) is 0 Å². The number of hydrogen-bond donors (Lipinski definition) is 1. The molecule has 9 nitrogen and oxygen atoms in total.